The Labute approximate surface area is 101 Å². The summed E-state index contributed by atoms with van der Waals surface area (Å²) in [5.41, 5.74) is 3.04. The van der Waals surface area contributed by atoms with Crippen LogP contribution in [0.3, 0.4) is 0 Å². The minimum atomic E-state index is -0.178. The van der Waals surface area contributed by atoms with Crippen molar-refractivity contribution in [1.82, 2.24) is 4.98 Å². The first-order valence-corrected chi connectivity index (χ1v) is 5.65. The van der Waals surface area contributed by atoms with Crippen molar-refractivity contribution in [3.63, 3.8) is 0 Å². The highest BCUT2D eigenvalue weighted by Gasteiger charge is 1.96. The van der Waals surface area contributed by atoms with Gasteiger partial charge in [-0.3, -0.25) is 4.98 Å². The second kappa shape index (κ2) is 5.43. The van der Waals surface area contributed by atoms with Crippen molar-refractivity contribution in [3.05, 3.63) is 59.7 Å². The third-order valence-corrected chi connectivity index (χ3v) is 2.53. The monoisotopic (exact) mass is 230 g/mol. The fraction of sp³-hybridized carbons (Fsp3) is 0.214. The van der Waals surface area contributed by atoms with Crippen LogP contribution in [0.25, 0.3) is 0 Å². The van der Waals surface area contributed by atoms with Gasteiger partial charge in [-0.25, -0.2) is 4.39 Å². The van der Waals surface area contributed by atoms with Gasteiger partial charge in [-0.15, -0.1) is 0 Å². The van der Waals surface area contributed by atoms with Crippen LogP contribution in [-0.2, 0) is 6.42 Å². The average molecular weight is 230 g/mol. The van der Waals surface area contributed by atoms with E-state index in [-0.39, 0.29) is 5.82 Å². The van der Waals surface area contributed by atoms with E-state index in [0.29, 0.717) is 0 Å². The first-order chi connectivity index (χ1) is 8.24. The molecule has 0 fully saturated rings. The molecule has 0 unspecified atom stereocenters. The second-order valence-corrected chi connectivity index (χ2v) is 3.99. The van der Waals surface area contributed by atoms with Gasteiger partial charge in [0.1, 0.15) is 5.82 Å². The number of aromatic nitrogens is 1. The highest BCUT2D eigenvalue weighted by Crippen LogP contribution is 2.08. The van der Waals surface area contributed by atoms with Crippen LogP contribution in [-0.4, -0.2) is 11.5 Å². The lowest BCUT2D eigenvalue weighted by molar-refractivity contribution is 0.625. The average Bonchev–Trinajstić information content (AvgIpc) is 2.29. The molecule has 2 nitrogen and oxygen atoms in total. The molecule has 1 heterocycles. The van der Waals surface area contributed by atoms with E-state index in [1.807, 2.05) is 25.1 Å². The zero-order valence-electron chi connectivity index (χ0n) is 9.78. The number of hydrogen-bond acceptors (Lipinski definition) is 2. The van der Waals surface area contributed by atoms with E-state index in [1.54, 1.807) is 18.3 Å². The van der Waals surface area contributed by atoms with Gasteiger partial charge in [-0.2, -0.15) is 0 Å². The van der Waals surface area contributed by atoms with Gasteiger partial charge in [-0.05, 0) is 43.2 Å². The van der Waals surface area contributed by atoms with Gasteiger partial charge in [0, 0.05) is 24.1 Å². The number of hydrogen-bond donors (Lipinski definition) is 1. The maximum absolute atomic E-state index is 12.9. The summed E-state index contributed by atoms with van der Waals surface area (Å²) in [5.74, 6) is -0.178. The molecule has 0 amide bonds. The van der Waals surface area contributed by atoms with E-state index in [9.17, 15) is 4.39 Å². The van der Waals surface area contributed by atoms with Crippen molar-refractivity contribution in [2.45, 2.75) is 13.3 Å². The molecule has 0 radical (unpaired) electrons. The van der Waals surface area contributed by atoms with Gasteiger partial charge in [-0.1, -0.05) is 12.1 Å². The molecule has 0 bridgehead atoms. The van der Waals surface area contributed by atoms with Crippen LogP contribution < -0.4 is 5.32 Å². The van der Waals surface area contributed by atoms with Crippen molar-refractivity contribution in [2.75, 3.05) is 11.9 Å². The lowest BCUT2D eigenvalue weighted by Gasteiger charge is -2.06. The van der Waals surface area contributed by atoms with Crippen LogP contribution in [0.5, 0.6) is 0 Å². The maximum Gasteiger partial charge on any atom is 0.123 e. The molecule has 0 atom stereocenters. The summed E-state index contributed by atoms with van der Waals surface area (Å²) in [6.45, 7) is 2.74. The molecule has 0 saturated heterocycles. The fourth-order valence-corrected chi connectivity index (χ4v) is 1.70. The van der Waals surface area contributed by atoms with Gasteiger partial charge < -0.3 is 5.32 Å². The third-order valence-electron chi connectivity index (χ3n) is 2.53. The zero-order valence-corrected chi connectivity index (χ0v) is 9.78. The predicted molar refractivity (Wildman–Crippen MR) is 67.6 cm³/mol. The standard InChI is InChI=1S/C14H15FN2/c1-11-9-14(6-8-16-11)17-7-5-12-3-2-4-13(15)10-12/h2-4,6,8-10H,5,7H2,1H3,(H,16,17). The molecule has 0 aliphatic heterocycles. The third kappa shape index (κ3) is 3.55. The Balaban J connectivity index is 1.87. The summed E-state index contributed by atoms with van der Waals surface area (Å²) in [6.07, 6.45) is 2.58. The molecule has 1 aromatic carbocycles. The van der Waals surface area contributed by atoms with Crippen molar-refractivity contribution in [1.29, 1.82) is 0 Å². The smallest absolute Gasteiger partial charge is 0.123 e. The van der Waals surface area contributed by atoms with Crippen LogP contribution in [0.2, 0.25) is 0 Å². The van der Waals surface area contributed by atoms with Crippen molar-refractivity contribution in [3.8, 4) is 0 Å². The van der Waals surface area contributed by atoms with Gasteiger partial charge in [0.05, 0.1) is 0 Å². The largest absolute Gasteiger partial charge is 0.385 e. The van der Waals surface area contributed by atoms with E-state index in [2.05, 4.69) is 10.3 Å². The number of anilines is 1. The molecule has 0 spiro atoms. The summed E-state index contributed by atoms with van der Waals surface area (Å²) in [7, 11) is 0. The van der Waals surface area contributed by atoms with Crippen molar-refractivity contribution >= 4 is 5.69 Å². The summed E-state index contributed by atoms with van der Waals surface area (Å²) in [6, 6.07) is 10.6. The Morgan fingerprint density at radius 3 is 2.88 bits per heavy atom. The quantitative estimate of drug-likeness (QED) is 0.872. The summed E-state index contributed by atoms with van der Waals surface area (Å²) in [4.78, 5) is 4.13. The maximum atomic E-state index is 12.9. The van der Waals surface area contributed by atoms with Crippen LogP contribution >= 0.6 is 0 Å². The number of benzene rings is 1. The first kappa shape index (κ1) is 11.6. The molecular formula is C14H15FN2. The fourth-order valence-electron chi connectivity index (χ4n) is 1.70. The van der Waals surface area contributed by atoms with Gasteiger partial charge in [0.25, 0.3) is 0 Å². The van der Waals surface area contributed by atoms with Crippen LogP contribution in [0.4, 0.5) is 10.1 Å². The molecule has 1 aromatic heterocycles. The molecule has 0 saturated carbocycles. The molecule has 17 heavy (non-hydrogen) atoms. The van der Waals surface area contributed by atoms with Crippen molar-refractivity contribution < 1.29 is 4.39 Å². The molecule has 3 heteroatoms. The molecule has 1 N–H and O–H groups in total. The van der Waals surface area contributed by atoms with E-state index >= 15 is 0 Å². The Morgan fingerprint density at radius 1 is 1.24 bits per heavy atom. The van der Waals surface area contributed by atoms with Crippen molar-refractivity contribution in [2.24, 2.45) is 0 Å². The Bertz CT molecular complexity index is 452. The lowest BCUT2D eigenvalue weighted by Crippen LogP contribution is -2.05. The van der Waals surface area contributed by atoms with Crippen LogP contribution in [0, 0.1) is 12.7 Å². The Morgan fingerprint density at radius 2 is 2.12 bits per heavy atom. The number of nitrogens with one attached hydrogen (secondary N) is 1. The van der Waals surface area contributed by atoms with Gasteiger partial charge >= 0.3 is 0 Å². The summed E-state index contributed by atoms with van der Waals surface area (Å²) >= 11 is 0. The van der Waals surface area contributed by atoms with Gasteiger partial charge in [0.2, 0.25) is 0 Å². The highest BCUT2D eigenvalue weighted by atomic mass is 19.1. The van der Waals surface area contributed by atoms with Crippen LogP contribution in [0.1, 0.15) is 11.3 Å². The summed E-state index contributed by atoms with van der Waals surface area (Å²) in [5, 5.41) is 3.29. The van der Waals surface area contributed by atoms with E-state index in [4.69, 9.17) is 0 Å². The molecule has 0 aliphatic rings. The topological polar surface area (TPSA) is 24.9 Å². The minimum Gasteiger partial charge on any atom is -0.385 e. The SMILES string of the molecule is Cc1cc(NCCc2cccc(F)c2)ccn1. The molecule has 2 rings (SSSR count). The van der Waals surface area contributed by atoms with Crippen LogP contribution in [0.15, 0.2) is 42.6 Å². The summed E-state index contributed by atoms with van der Waals surface area (Å²) < 4.78 is 12.9. The minimum absolute atomic E-state index is 0.178. The number of pyridine rings is 1. The molecule has 2 aromatic rings. The first-order valence-electron chi connectivity index (χ1n) is 5.65. The predicted octanol–water partition coefficient (Wildman–Crippen LogP) is 3.18. The van der Waals surface area contributed by atoms with E-state index in [1.165, 1.54) is 6.07 Å². The lowest BCUT2D eigenvalue weighted by atomic mass is 10.1. The zero-order chi connectivity index (χ0) is 12.1. The highest BCUT2D eigenvalue weighted by molar-refractivity contribution is 5.43. The molecular weight excluding hydrogens is 215 g/mol. The van der Waals surface area contributed by atoms with E-state index < -0.39 is 0 Å². The number of nitrogens with zero attached hydrogens (tertiary/aromatic N) is 1. The number of aryl methyl sites for hydroxylation is 1. The number of halogens is 1. The Hall–Kier alpha value is -1.90. The number of rotatable bonds is 4. The Kier molecular flexibility index (Phi) is 3.70. The molecule has 0 aliphatic carbocycles. The second-order valence-electron chi connectivity index (χ2n) is 3.99. The van der Waals surface area contributed by atoms with Gasteiger partial charge in [0.15, 0.2) is 0 Å². The van der Waals surface area contributed by atoms with E-state index in [0.717, 1.165) is 29.9 Å². The normalized spacial score (nSPS) is 10.2. The molecule has 88 valence electrons.